The highest BCUT2D eigenvalue weighted by atomic mass is 16.2. The quantitative estimate of drug-likeness (QED) is 0.673. The van der Waals surface area contributed by atoms with Crippen LogP contribution in [0, 0.1) is 0 Å². The molecule has 0 saturated carbocycles. The van der Waals surface area contributed by atoms with Crippen molar-refractivity contribution in [3.05, 3.63) is 78.1 Å². The molecular weight excluding hydrogens is 356 g/mol. The number of nitrogens with one attached hydrogen (secondary N) is 1. The van der Waals surface area contributed by atoms with E-state index in [1.165, 1.54) is 4.90 Å². The molecule has 1 aromatic heterocycles. The second-order valence-electron chi connectivity index (χ2n) is 6.46. The van der Waals surface area contributed by atoms with Crippen molar-refractivity contribution in [1.29, 1.82) is 0 Å². The normalized spacial score (nSPS) is 12.9. The molecule has 7 nitrogen and oxygen atoms in total. The van der Waals surface area contributed by atoms with Gasteiger partial charge in [0, 0.05) is 31.0 Å². The Hall–Kier alpha value is -3.74. The summed E-state index contributed by atoms with van der Waals surface area (Å²) >= 11 is 0. The van der Waals surface area contributed by atoms with Gasteiger partial charge < -0.3 is 5.32 Å². The summed E-state index contributed by atoms with van der Waals surface area (Å²) in [5.74, 6) is -0.756. The van der Waals surface area contributed by atoms with Crippen LogP contribution in [-0.2, 0) is 4.79 Å². The minimum Gasteiger partial charge on any atom is -0.326 e. The predicted octanol–water partition coefficient (Wildman–Crippen LogP) is 2.89. The molecule has 1 aliphatic rings. The zero-order valence-corrected chi connectivity index (χ0v) is 15.0. The van der Waals surface area contributed by atoms with Gasteiger partial charge in [-0.3, -0.25) is 19.3 Å². The molecule has 0 atom stereocenters. The van der Waals surface area contributed by atoms with Gasteiger partial charge in [0.15, 0.2) is 0 Å². The number of hydrogen-bond donors (Lipinski definition) is 1. The number of fused-ring (bicyclic) bond motifs is 1. The Labute approximate surface area is 161 Å². The van der Waals surface area contributed by atoms with E-state index in [0.29, 0.717) is 23.2 Å². The molecule has 1 N–H and O–H groups in total. The van der Waals surface area contributed by atoms with E-state index < -0.39 is 0 Å². The van der Waals surface area contributed by atoms with Crippen LogP contribution in [0.2, 0.25) is 0 Å². The van der Waals surface area contributed by atoms with Gasteiger partial charge in [0.1, 0.15) is 0 Å². The van der Waals surface area contributed by atoms with Gasteiger partial charge in [0.05, 0.1) is 16.8 Å². The van der Waals surface area contributed by atoms with E-state index in [2.05, 4.69) is 10.4 Å². The molecule has 0 aliphatic carbocycles. The zero-order chi connectivity index (χ0) is 19.5. The maximum atomic E-state index is 12.3. The van der Waals surface area contributed by atoms with Gasteiger partial charge >= 0.3 is 0 Å². The Morgan fingerprint density at radius 1 is 0.929 bits per heavy atom. The summed E-state index contributed by atoms with van der Waals surface area (Å²) in [6.07, 6.45) is 4.16. The SMILES string of the molecule is O=C(CCCN1C(=O)c2ccccc2C1=O)Nc1ccc(-n2cccn2)cc1. The van der Waals surface area contributed by atoms with E-state index in [0.717, 1.165) is 5.69 Å². The number of amides is 3. The van der Waals surface area contributed by atoms with Crippen molar-refractivity contribution in [2.45, 2.75) is 12.8 Å². The summed E-state index contributed by atoms with van der Waals surface area (Å²) in [7, 11) is 0. The van der Waals surface area contributed by atoms with Crippen LogP contribution in [0.15, 0.2) is 67.0 Å². The smallest absolute Gasteiger partial charge is 0.261 e. The number of aromatic nitrogens is 2. The van der Waals surface area contributed by atoms with Gasteiger partial charge in [-0.15, -0.1) is 0 Å². The van der Waals surface area contributed by atoms with Crippen LogP contribution in [0.25, 0.3) is 5.69 Å². The molecule has 7 heteroatoms. The third-order valence-electron chi connectivity index (χ3n) is 4.58. The van der Waals surface area contributed by atoms with Crippen molar-refractivity contribution in [1.82, 2.24) is 14.7 Å². The highest BCUT2D eigenvalue weighted by Gasteiger charge is 2.34. The number of anilines is 1. The summed E-state index contributed by atoms with van der Waals surface area (Å²) in [6, 6.07) is 15.9. The van der Waals surface area contributed by atoms with E-state index in [-0.39, 0.29) is 30.7 Å². The topological polar surface area (TPSA) is 84.3 Å². The van der Waals surface area contributed by atoms with Crippen molar-refractivity contribution < 1.29 is 14.4 Å². The standard InChI is InChI=1S/C21H18N4O3/c26-19(23-15-8-10-16(11-9-15)25-14-4-12-22-25)7-3-13-24-20(27)17-5-1-2-6-18(17)21(24)28/h1-2,4-6,8-12,14H,3,7,13H2,(H,23,26). The maximum absolute atomic E-state index is 12.3. The lowest BCUT2D eigenvalue weighted by Crippen LogP contribution is -2.31. The predicted molar refractivity (Wildman–Crippen MR) is 103 cm³/mol. The van der Waals surface area contributed by atoms with Crippen molar-refractivity contribution in [2.75, 3.05) is 11.9 Å². The monoisotopic (exact) mass is 374 g/mol. The first kappa shape index (κ1) is 17.7. The second kappa shape index (κ2) is 7.48. The number of benzene rings is 2. The van der Waals surface area contributed by atoms with Crippen molar-refractivity contribution in [3.8, 4) is 5.69 Å². The summed E-state index contributed by atoms with van der Waals surface area (Å²) < 4.78 is 1.73. The van der Waals surface area contributed by atoms with Gasteiger partial charge in [-0.2, -0.15) is 5.10 Å². The molecule has 1 aliphatic heterocycles. The molecule has 0 spiro atoms. The van der Waals surface area contributed by atoms with Crippen LogP contribution >= 0.6 is 0 Å². The highest BCUT2D eigenvalue weighted by Crippen LogP contribution is 2.22. The summed E-state index contributed by atoms with van der Waals surface area (Å²) in [6.45, 7) is 0.220. The molecule has 2 aromatic carbocycles. The lowest BCUT2D eigenvalue weighted by atomic mass is 10.1. The maximum Gasteiger partial charge on any atom is 0.261 e. The molecule has 3 amide bonds. The average molecular weight is 374 g/mol. The average Bonchev–Trinajstić information content (AvgIpc) is 3.32. The first-order valence-electron chi connectivity index (χ1n) is 8.98. The fourth-order valence-corrected chi connectivity index (χ4v) is 3.18. The highest BCUT2D eigenvalue weighted by molar-refractivity contribution is 6.21. The Morgan fingerprint density at radius 2 is 1.61 bits per heavy atom. The minimum absolute atomic E-state index is 0.163. The Bertz CT molecular complexity index is 991. The molecular formula is C21H18N4O3. The van der Waals surface area contributed by atoms with E-state index in [1.54, 1.807) is 47.3 Å². The van der Waals surface area contributed by atoms with Gasteiger partial charge in [0.2, 0.25) is 5.91 Å². The molecule has 0 bridgehead atoms. The molecule has 0 saturated heterocycles. The fourth-order valence-electron chi connectivity index (χ4n) is 3.18. The molecule has 0 fully saturated rings. The molecule has 140 valence electrons. The molecule has 0 radical (unpaired) electrons. The molecule has 28 heavy (non-hydrogen) atoms. The van der Waals surface area contributed by atoms with Gasteiger partial charge in [-0.05, 0) is 48.9 Å². The third-order valence-corrected chi connectivity index (χ3v) is 4.58. The van der Waals surface area contributed by atoms with Crippen molar-refractivity contribution >= 4 is 23.4 Å². The summed E-state index contributed by atoms with van der Waals surface area (Å²) in [4.78, 5) is 38.0. The number of hydrogen-bond acceptors (Lipinski definition) is 4. The van der Waals surface area contributed by atoms with Crippen LogP contribution in [0.1, 0.15) is 33.6 Å². The van der Waals surface area contributed by atoms with E-state index in [9.17, 15) is 14.4 Å². The minimum atomic E-state index is -0.296. The number of imide groups is 1. The fraction of sp³-hybridized carbons (Fsp3) is 0.143. The van der Waals surface area contributed by atoms with E-state index >= 15 is 0 Å². The first-order valence-corrected chi connectivity index (χ1v) is 8.98. The van der Waals surface area contributed by atoms with Crippen LogP contribution in [0.3, 0.4) is 0 Å². The Morgan fingerprint density at radius 3 is 2.21 bits per heavy atom. The lowest BCUT2D eigenvalue weighted by Gasteiger charge is -2.13. The van der Waals surface area contributed by atoms with Crippen LogP contribution < -0.4 is 5.32 Å². The number of carbonyl (C=O) groups excluding carboxylic acids is 3. The number of rotatable bonds is 6. The summed E-state index contributed by atoms with van der Waals surface area (Å²) in [5.41, 5.74) is 2.43. The Balaban J connectivity index is 1.28. The van der Waals surface area contributed by atoms with Gasteiger partial charge in [-0.25, -0.2) is 4.68 Å². The van der Waals surface area contributed by atoms with Crippen LogP contribution in [0.5, 0.6) is 0 Å². The largest absolute Gasteiger partial charge is 0.326 e. The van der Waals surface area contributed by atoms with Gasteiger partial charge in [0.25, 0.3) is 11.8 Å². The van der Waals surface area contributed by atoms with Crippen LogP contribution in [0.4, 0.5) is 5.69 Å². The van der Waals surface area contributed by atoms with Crippen LogP contribution in [-0.4, -0.2) is 38.9 Å². The number of nitrogens with zero attached hydrogens (tertiary/aromatic N) is 3. The zero-order valence-electron chi connectivity index (χ0n) is 15.0. The summed E-state index contributed by atoms with van der Waals surface area (Å²) in [5, 5.41) is 6.97. The lowest BCUT2D eigenvalue weighted by molar-refractivity contribution is -0.116. The Kier molecular flexibility index (Phi) is 4.72. The van der Waals surface area contributed by atoms with Gasteiger partial charge in [-0.1, -0.05) is 12.1 Å². The van der Waals surface area contributed by atoms with E-state index in [4.69, 9.17) is 0 Å². The van der Waals surface area contributed by atoms with Crippen molar-refractivity contribution in [3.63, 3.8) is 0 Å². The third kappa shape index (κ3) is 3.42. The molecule has 4 rings (SSSR count). The molecule has 3 aromatic rings. The van der Waals surface area contributed by atoms with E-state index in [1.807, 2.05) is 24.4 Å². The molecule has 0 unspecified atom stereocenters. The first-order chi connectivity index (χ1) is 13.6. The molecule has 2 heterocycles. The van der Waals surface area contributed by atoms with Crippen molar-refractivity contribution in [2.24, 2.45) is 0 Å². The number of carbonyl (C=O) groups is 3. The second-order valence-corrected chi connectivity index (χ2v) is 6.46.